The molecule has 0 spiro atoms. The minimum Gasteiger partial charge on any atom is -0.439 e. The van der Waals surface area contributed by atoms with E-state index in [0.29, 0.717) is 29.6 Å². The van der Waals surface area contributed by atoms with Crippen LogP contribution in [0.15, 0.2) is 73.1 Å². The van der Waals surface area contributed by atoms with Gasteiger partial charge in [-0.1, -0.05) is 24.3 Å². The van der Waals surface area contributed by atoms with Crippen LogP contribution in [0.1, 0.15) is 21.7 Å². The molecule has 0 bridgehead atoms. The molecule has 0 aliphatic carbocycles. The van der Waals surface area contributed by atoms with Crippen LogP contribution in [0, 0.1) is 6.92 Å². The highest BCUT2D eigenvalue weighted by molar-refractivity contribution is 5.94. The molecule has 3 heterocycles. The molecule has 0 saturated carbocycles. The highest BCUT2D eigenvalue weighted by Gasteiger charge is 2.15. The molecule has 1 amide bonds. The summed E-state index contributed by atoms with van der Waals surface area (Å²) in [4.78, 5) is 21.3. The maximum absolute atomic E-state index is 12.7. The number of amides is 1. The first-order chi connectivity index (χ1) is 13.2. The van der Waals surface area contributed by atoms with Crippen molar-refractivity contribution in [1.82, 2.24) is 19.7 Å². The Balaban J connectivity index is 1.47. The van der Waals surface area contributed by atoms with Crippen LogP contribution in [-0.4, -0.2) is 20.3 Å². The lowest BCUT2D eigenvalue weighted by Crippen LogP contribution is -2.24. The fourth-order valence-electron chi connectivity index (χ4n) is 2.90. The van der Waals surface area contributed by atoms with Crippen molar-refractivity contribution in [2.24, 2.45) is 0 Å². The first-order valence-corrected chi connectivity index (χ1v) is 8.60. The maximum Gasteiger partial charge on any atom is 0.270 e. The van der Waals surface area contributed by atoms with E-state index in [2.05, 4.69) is 15.3 Å². The van der Waals surface area contributed by atoms with Crippen LogP contribution in [0.25, 0.3) is 5.65 Å². The standard InChI is InChI=1S/C21H18N4O2/c1-15-20(25-12-5-3-9-18(25)24-15)21(26)23-14-16-7-6-8-17(13-16)27-19-10-2-4-11-22-19/h2-13H,14H2,1H3,(H,23,26). The van der Waals surface area contributed by atoms with Gasteiger partial charge in [0.1, 0.15) is 17.1 Å². The fraction of sp³-hybridized carbons (Fsp3) is 0.0952. The Morgan fingerprint density at radius 3 is 2.85 bits per heavy atom. The lowest BCUT2D eigenvalue weighted by Gasteiger charge is -2.09. The Bertz CT molecular complexity index is 1090. The summed E-state index contributed by atoms with van der Waals surface area (Å²) in [6.07, 6.45) is 3.52. The van der Waals surface area contributed by atoms with Gasteiger partial charge >= 0.3 is 0 Å². The number of aryl methyl sites for hydroxylation is 1. The van der Waals surface area contributed by atoms with Gasteiger partial charge in [0.25, 0.3) is 5.91 Å². The quantitative estimate of drug-likeness (QED) is 0.590. The van der Waals surface area contributed by atoms with Gasteiger partial charge in [0.05, 0.1) is 5.69 Å². The van der Waals surface area contributed by atoms with E-state index < -0.39 is 0 Å². The van der Waals surface area contributed by atoms with E-state index >= 15 is 0 Å². The third kappa shape index (κ3) is 3.64. The Kier molecular flexibility index (Phi) is 4.53. The second kappa shape index (κ2) is 7.29. The van der Waals surface area contributed by atoms with Crippen molar-refractivity contribution in [3.63, 3.8) is 0 Å². The van der Waals surface area contributed by atoms with Crippen molar-refractivity contribution in [2.45, 2.75) is 13.5 Å². The summed E-state index contributed by atoms with van der Waals surface area (Å²) in [5.41, 5.74) is 2.94. The Hall–Kier alpha value is -3.67. The molecule has 0 saturated heterocycles. The topological polar surface area (TPSA) is 68.5 Å². The molecule has 0 fully saturated rings. The molecule has 0 atom stereocenters. The minimum absolute atomic E-state index is 0.165. The van der Waals surface area contributed by atoms with E-state index in [1.54, 1.807) is 16.7 Å². The molecular weight excluding hydrogens is 340 g/mol. The molecule has 6 heteroatoms. The predicted molar refractivity (Wildman–Crippen MR) is 102 cm³/mol. The number of aromatic nitrogens is 3. The Labute approximate surface area is 156 Å². The summed E-state index contributed by atoms with van der Waals surface area (Å²) in [5.74, 6) is 1.04. The van der Waals surface area contributed by atoms with E-state index in [-0.39, 0.29) is 5.91 Å². The normalized spacial score (nSPS) is 10.7. The van der Waals surface area contributed by atoms with Crippen molar-refractivity contribution in [3.8, 4) is 11.6 Å². The van der Waals surface area contributed by atoms with Gasteiger partial charge in [0.15, 0.2) is 0 Å². The molecule has 1 N–H and O–H groups in total. The Morgan fingerprint density at radius 1 is 1.11 bits per heavy atom. The minimum atomic E-state index is -0.165. The third-order valence-electron chi connectivity index (χ3n) is 4.13. The second-order valence-electron chi connectivity index (χ2n) is 6.07. The SMILES string of the molecule is Cc1nc2ccccn2c1C(=O)NCc1cccc(Oc2ccccn2)c1. The van der Waals surface area contributed by atoms with E-state index in [0.717, 1.165) is 11.2 Å². The maximum atomic E-state index is 12.7. The highest BCUT2D eigenvalue weighted by Crippen LogP contribution is 2.20. The molecule has 0 aliphatic rings. The summed E-state index contributed by atoms with van der Waals surface area (Å²) in [5, 5.41) is 2.95. The van der Waals surface area contributed by atoms with Crippen molar-refractivity contribution in [2.75, 3.05) is 0 Å². The van der Waals surface area contributed by atoms with Gasteiger partial charge in [-0.15, -0.1) is 0 Å². The number of benzene rings is 1. The van der Waals surface area contributed by atoms with Crippen molar-refractivity contribution in [3.05, 3.63) is 90.0 Å². The average molecular weight is 358 g/mol. The number of nitrogens with one attached hydrogen (secondary N) is 1. The summed E-state index contributed by atoms with van der Waals surface area (Å²) in [6, 6.07) is 18.7. The van der Waals surface area contributed by atoms with Gasteiger partial charge in [0.2, 0.25) is 5.88 Å². The summed E-state index contributed by atoms with van der Waals surface area (Å²) in [6.45, 7) is 2.22. The molecule has 3 aromatic heterocycles. The molecule has 4 aromatic rings. The predicted octanol–water partition coefficient (Wildman–Crippen LogP) is 3.76. The molecule has 0 unspecified atom stereocenters. The summed E-state index contributed by atoms with van der Waals surface area (Å²) >= 11 is 0. The summed E-state index contributed by atoms with van der Waals surface area (Å²) < 4.78 is 7.53. The average Bonchev–Trinajstić information content (AvgIpc) is 3.03. The van der Waals surface area contributed by atoms with Gasteiger partial charge in [-0.2, -0.15) is 0 Å². The highest BCUT2D eigenvalue weighted by atomic mass is 16.5. The molecular formula is C21H18N4O2. The zero-order valence-corrected chi connectivity index (χ0v) is 14.8. The molecule has 134 valence electrons. The third-order valence-corrected chi connectivity index (χ3v) is 4.13. The van der Waals surface area contributed by atoms with Gasteiger partial charge < -0.3 is 10.1 Å². The van der Waals surface area contributed by atoms with E-state index in [1.807, 2.05) is 67.7 Å². The number of carbonyl (C=O) groups is 1. The second-order valence-corrected chi connectivity index (χ2v) is 6.07. The largest absolute Gasteiger partial charge is 0.439 e. The monoisotopic (exact) mass is 358 g/mol. The van der Waals surface area contributed by atoms with Crippen LogP contribution >= 0.6 is 0 Å². The van der Waals surface area contributed by atoms with Crippen LogP contribution in [0.5, 0.6) is 11.6 Å². The molecule has 1 aromatic carbocycles. The first kappa shape index (κ1) is 16.8. The van der Waals surface area contributed by atoms with E-state index in [1.165, 1.54) is 0 Å². The number of rotatable bonds is 5. The van der Waals surface area contributed by atoms with Gasteiger partial charge in [-0.3, -0.25) is 9.20 Å². The number of ether oxygens (including phenoxy) is 1. The molecule has 6 nitrogen and oxygen atoms in total. The lowest BCUT2D eigenvalue weighted by molar-refractivity contribution is 0.0944. The smallest absolute Gasteiger partial charge is 0.270 e. The summed E-state index contributed by atoms with van der Waals surface area (Å²) in [7, 11) is 0. The van der Waals surface area contributed by atoms with Crippen LogP contribution in [-0.2, 0) is 6.54 Å². The van der Waals surface area contributed by atoms with Crippen LogP contribution in [0.4, 0.5) is 0 Å². The number of fused-ring (bicyclic) bond motifs is 1. The van der Waals surface area contributed by atoms with Gasteiger partial charge in [-0.25, -0.2) is 9.97 Å². The van der Waals surface area contributed by atoms with Crippen LogP contribution < -0.4 is 10.1 Å². The number of hydrogen-bond donors (Lipinski definition) is 1. The molecule has 0 radical (unpaired) electrons. The zero-order valence-electron chi connectivity index (χ0n) is 14.8. The number of imidazole rings is 1. The fourth-order valence-corrected chi connectivity index (χ4v) is 2.90. The lowest BCUT2D eigenvalue weighted by atomic mass is 10.2. The zero-order chi connectivity index (χ0) is 18.6. The molecule has 27 heavy (non-hydrogen) atoms. The van der Waals surface area contributed by atoms with Crippen molar-refractivity contribution >= 4 is 11.6 Å². The number of carbonyl (C=O) groups excluding carboxylic acids is 1. The first-order valence-electron chi connectivity index (χ1n) is 8.60. The number of pyridine rings is 2. The van der Waals surface area contributed by atoms with Crippen LogP contribution in [0.3, 0.4) is 0 Å². The van der Waals surface area contributed by atoms with Crippen LogP contribution in [0.2, 0.25) is 0 Å². The number of nitrogens with zero attached hydrogens (tertiary/aromatic N) is 3. The van der Waals surface area contributed by atoms with E-state index in [4.69, 9.17) is 4.74 Å². The van der Waals surface area contributed by atoms with Crippen molar-refractivity contribution in [1.29, 1.82) is 0 Å². The van der Waals surface area contributed by atoms with Crippen molar-refractivity contribution < 1.29 is 9.53 Å². The number of hydrogen-bond acceptors (Lipinski definition) is 4. The molecule has 0 aliphatic heterocycles. The molecule has 4 rings (SSSR count). The Morgan fingerprint density at radius 2 is 2.00 bits per heavy atom. The van der Waals surface area contributed by atoms with Gasteiger partial charge in [0, 0.05) is 25.0 Å². The van der Waals surface area contributed by atoms with Gasteiger partial charge in [-0.05, 0) is 42.8 Å². The van der Waals surface area contributed by atoms with E-state index in [9.17, 15) is 4.79 Å².